The summed E-state index contributed by atoms with van der Waals surface area (Å²) in [6.45, 7) is 3.56. The Balaban J connectivity index is 1.86. The lowest BCUT2D eigenvalue weighted by Gasteiger charge is -2.19. The fourth-order valence-electron chi connectivity index (χ4n) is 3.68. The minimum Gasteiger partial charge on any atom is -0.362 e. The molecule has 0 aliphatic carbocycles. The van der Waals surface area contributed by atoms with Crippen molar-refractivity contribution < 1.29 is 4.79 Å². The van der Waals surface area contributed by atoms with Crippen molar-refractivity contribution in [1.82, 2.24) is 14.6 Å². The number of fused-ring (bicyclic) bond motifs is 1. The van der Waals surface area contributed by atoms with Crippen LogP contribution in [0.3, 0.4) is 0 Å². The lowest BCUT2D eigenvalue weighted by atomic mass is 10.0. The second-order valence-corrected chi connectivity index (χ2v) is 7.52. The van der Waals surface area contributed by atoms with Crippen LogP contribution < -0.4 is 4.90 Å². The van der Waals surface area contributed by atoms with Crippen molar-refractivity contribution in [3.8, 4) is 22.4 Å². The molecule has 4 aromatic rings. The molecule has 2 heterocycles. The molecular formula is C24H24N4O. The molecule has 5 nitrogen and oxygen atoms in total. The number of carbonyl (C=O) groups excluding carboxylic acids is 1. The van der Waals surface area contributed by atoms with E-state index in [0.717, 1.165) is 39.5 Å². The summed E-state index contributed by atoms with van der Waals surface area (Å²) in [6, 6.07) is 20.7. The van der Waals surface area contributed by atoms with Gasteiger partial charge in [0.05, 0.1) is 5.69 Å². The van der Waals surface area contributed by atoms with Gasteiger partial charge in [-0.1, -0.05) is 48.5 Å². The molecule has 0 amide bonds. The average Bonchev–Trinajstić information content (AvgIpc) is 3.12. The minimum absolute atomic E-state index is 0.111. The Hall–Kier alpha value is -3.47. The van der Waals surface area contributed by atoms with Gasteiger partial charge in [0.2, 0.25) is 0 Å². The lowest BCUT2D eigenvalue weighted by Crippen LogP contribution is -2.19. The first kappa shape index (κ1) is 18.9. The number of anilines is 1. The molecule has 5 heteroatoms. The molecule has 0 fully saturated rings. The molecule has 0 aliphatic heterocycles. The molecule has 0 saturated heterocycles. The first-order valence-corrected chi connectivity index (χ1v) is 9.66. The monoisotopic (exact) mass is 384 g/mol. The highest BCUT2D eigenvalue weighted by molar-refractivity contribution is 5.81. The van der Waals surface area contributed by atoms with Gasteiger partial charge >= 0.3 is 0 Å². The maximum absolute atomic E-state index is 11.8. The Bertz CT molecular complexity index is 1190. The highest BCUT2D eigenvalue weighted by Gasteiger charge is 2.18. The van der Waals surface area contributed by atoms with Crippen LogP contribution in [0.5, 0.6) is 0 Å². The van der Waals surface area contributed by atoms with E-state index in [0.29, 0.717) is 6.42 Å². The van der Waals surface area contributed by atoms with E-state index in [-0.39, 0.29) is 5.78 Å². The van der Waals surface area contributed by atoms with Crippen molar-refractivity contribution in [2.24, 2.45) is 0 Å². The number of Topliss-reactive ketones (excluding diaryl/α,β-unsaturated/α-hetero) is 1. The van der Waals surface area contributed by atoms with Crippen LogP contribution in [-0.2, 0) is 11.2 Å². The normalized spacial score (nSPS) is 11.0. The van der Waals surface area contributed by atoms with Gasteiger partial charge in [0.1, 0.15) is 11.6 Å². The van der Waals surface area contributed by atoms with Gasteiger partial charge in [-0.3, -0.25) is 4.79 Å². The van der Waals surface area contributed by atoms with E-state index in [1.807, 2.05) is 60.8 Å². The van der Waals surface area contributed by atoms with Crippen LogP contribution in [0.25, 0.3) is 28.0 Å². The van der Waals surface area contributed by atoms with Crippen LogP contribution in [-0.4, -0.2) is 34.5 Å². The van der Waals surface area contributed by atoms with Gasteiger partial charge in [-0.15, -0.1) is 0 Å². The second kappa shape index (κ2) is 7.51. The van der Waals surface area contributed by atoms with Crippen LogP contribution in [0.2, 0.25) is 0 Å². The minimum atomic E-state index is 0.111. The average molecular weight is 384 g/mol. The predicted octanol–water partition coefficient (Wildman–Crippen LogP) is 4.57. The molecule has 0 N–H and O–H groups in total. The molecule has 2 aromatic carbocycles. The zero-order chi connectivity index (χ0) is 20.5. The summed E-state index contributed by atoms with van der Waals surface area (Å²) in [5, 5.41) is 4.85. The van der Waals surface area contributed by atoms with Crippen molar-refractivity contribution in [3.05, 3.63) is 71.9 Å². The summed E-state index contributed by atoms with van der Waals surface area (Å²) in [5.74, 6) is 1.01. The smallest absolute Gasteiger partial charge is 0.158 e. The Morgan fingerprint density at radius 2 is 1.66 bits per heavy atom. The van der Waals surface area contributed by atoms with E-state index in [9.17, 15) is 4.79 Å². The molecule has 0 saturated carbocycles. The van der Waals surface area contributed by atoms with Gasteiger partial charge < -0.3 is 4.90 Å². The van der Waals surface area contributed by atoms with Gasteiger partial charge in [-0.25, -0.2) is 4.98 Å². The topological polar surface area (TPSA) is 50.5 Å². The molecule has 0 radical (unpaired) electrons. The van der Waals surface area contributed by atoms with E-state index >= 15 is 0 Å². The first-order valence-electron chi connectivity index (χ1n) is 9.66. The maximum atomic E-state index is 11.8. The highest BCUT2D eigenvalue weighted by Crippen LogP contribution is 2.29. The number of carbonyl (C=O) groups is 1. The largest absolute Gasteiger partial charge is 0.362 e. The van der Waals surface area contributed by atoms with Crippen LogP contribution in [0.4, 0.5) is 5.82 Å². The van der Waals surface area contributed by atoms with Crippen molar-refractivity contribution in [2.45, 2.75) is 20.3 Å². The number of benzene rings is 2. The summed E-state index contributed by atoms with van der Waals surface area (Å²) in [7, 11) is 3.93. The summed E-state index contributed by atoms with van der Waals surface area (Å²) in [6.07, 6.45) is 0.348. The van der Waals surface area contributed by atoms with Gasteiger partial charge in [-0.2, -0.15) is 9.61 Å². The number of hydrogen-bond acceptors (Lipinski definition) is 4. The first-order chi connectivity index (χ1) is 13.9. The SMILES string of the molecule is CC(=O)Cc1c(C)nc2cc(-c3cccc(-c4ccccc4)c3)nn2c1N(C)C. The fraction of sp³-hybridized carbons (Fsp3) is 0.208. The Morgan fingerprint density at radius 3 is 2.34 bits per heavy atom. The molecule has 2 aromatic heterocycles. The van der Waals surface area contributed by atoms with E-state index in [4.69, 9.17) is 10.1 Å². The quantitative estimate of drug-likeness (QED) is 0.506. The van der Waals surface area contributed by atoms with Crippen LogP contribution in [0.15, 0.2) is 60.7 Å². The standard InChI is InChI=1S/C24H24N4O/c1-16(29)13-21-17(2)25-23-15-22(26-28(23)24(21)27(3)4)20-12-8-11-19(14-20)18-9-6-5-7-10-18/h5-12,14-15H,13H2,1-4H3. The van der Waals surface area contributed by atoms with Crippen LogP contribution in [0, 0.1) is 6.92 Å². The molecule has 0 unspecified atom stereocenters. The Labute approximate surface area is 170 Å². The van der Waals surface area contributed by atoms with Crippen LogP contribution >= 0.6 is 0 Å². The number of aromatic nitrogens is 3. The second-order valence-electron chi connectivity index (χ2n) is 7.52. The molecular weight excluding hydrogens is 360 g/mol. The maximum Gasteiger partial charge on any atom is 0.158 e. The third-order valence-electron chi connectivity index (χ3n) is 4.99. The third-order valence-corrected chi connectivity index (χ3v) is 4.99. The molecule has 0 bridgehead atoms. The zero-order valence-electron chi connectivity index (χ0n) is 17.2. The van der Waals surface area contributed by atoms with Gasteiger partial charge in [-0.05, 0) is 31.0 Å². The van der Waals surface area contributed by atoms with Crippen molar-refractivity contribution in [3.63, 3.8) is 0 Å². The summed E-state index contributed by atoms with van der Waals surface area (Å²) >= 11 is 0. The zero-order valence-corrected chi connectivity index (χ0v) is 17.2. The predicted molar refractivity (Wildman–Crippen MR) is 117 cm³/mol. The van der Waals surface area contributed by atoms with E-state index in [1.165, 1.54) is 5.56 Å². The molecule has 29 heavy (non-hydrogen) atoms. The molecule has 0 aliphatic rings. The molecule has 146 valence electrons. The van der Waals surface area contributed by atoms with E-state index < -0.39 is 0 Å². The van der Waals surface area contributed by atoms with Gasteiger partial charge in [0.15, 0.2) is 5.65 Å². The van der Waals surface area contributed by atoms with Crippen molar-refractivity contribution >= 4 is 17.2 Å². The van der Waals surface area contributed by atoms with Gasteiger partial charge in [0.25, 0.3) is 0 Å². The fourth-order valence-corrected chi connectivity index (χ4v) is 3.68. The highest BCUT2D eigenvalue weighted by atomic mass is 16.1. The van der Waals surface area contributed by atoms with Crippen molar-refractivity contribution in [1.29, 1.82) is 0 Å². The Morgan fingerprint density at radius 1 is 0.966 bits per heavy atom. The number of aryl methyl sites for hydroxylation is 1. The summed E-state index contributed by atoms with van der Waals surface area (Å²) in [4.78, 5) is 18.5. The number of hydrogen-bond donors (Lipinski definition) is 0. The lowest BCUT2D eigenvalue weighted by molar-refractivity contribution is -0.116. The van der Waals surface area contributed by atoms with E-state index in [1.54, 1.807) is 6.92 Å². The summed E-state index contributed by atoms with van der Waals surface area (Å²) in [5.41, 5.74) is 6.77. The molecule has 4 rings (SSSR count). The van der Waals surface area contributed by atoms with E-state index in [2.05, 4.69) is 30.3 Å². The molecule has 0 atom stereocenters. The number of nitrogens with zero attached hydrogens (tertiary/aromatic N) is 4. The van der Waals surface area contributed by atoms with Crippen molar-refractivity contribution in [2.75, 3.05) is 19.0 Å². The van der Waals surface area contributed by atoms with Gasteiger partial charge in [0, 0.05) is 43.4 Å². The molecule has 0 spiro atoms. The number of rotatable bonds is 5. The Kier molecular flexibility index (Phi) is 4.89. The summed E-state index contributed by atoms with van der Waals surface area (Å²) < 4.78 is 1.84. The van der Waals surface area contributed by atoms with Crippen LogP contribution in [0.1, 0.15) is 18.2 Å². The third kappa shape index (κ3) is 3.63. The number of ketones is 1.